The molecule has 0 saturated carbocycles. The van der Waals surface area contributed by atoms with Gasteiger partial charge in [0.05, 0.1) is 5.02 Å². The number of nitrogens with zero attached hydrogens (tertiary/aromatic N) is 2. The number of rotatable bonds is 5. The molecule has 0 fully saturated rings. The van der Waals surface area contributed by atoms with Gasteiger partial charge in [-0.05, 0) is 19.1 Å². The number of benzene rings is 2. The highest BCUT2D eigenvalue weighted by atomic mass is 35.5. The summed E-state index contributed by atoms with van der Waals surface area (Å²) in [5.41, 5.74) is 0.849. The van der Waals surface area contributed by atoms with Gasteiger partial charge in [0.15, 0.2) is 17.6 Å². The molecule has 21 heavy (non-hydrogen) atoms. The van der Waals surface area contributed by atoms with E-state index in [-0.39, 0.29) is 11.6 Å². The first kappa shape index (κ1) is 15.1. The summed E-state index contributed by atoms with van der Waals surface area (Å²) >= 11 is 5.96. The van der Waals surface area contributed by atoms with E-state index in [0.29, 0.717) is 16.3 Å². The molecule has 0 bridgehead atoms. The van der Waals surface area contributed by atoms with E-state index in [4.69, 9.17) is 11.6 Å². The van der Waals surface area contributed by atoms with Crippen molar-refractivity contribution >= 4 is 28.9 Å². The molecule has 0 aliphatic rings. The maximum absolute atomic E-state index is 12.3. The zero-order chi connectivity index (χ0) is 15.2. The van der Waals surface area contributed by atoms with E-state index < -0.39 is 6.04 Å². The normalized spacial score (nSPS) is 12.3. The zero-order valence-corrected chi connectivity index (χ0v) is 12.1. The van der Waals surface area contributed by atoms with Crippen LogP contribution in [-0.2, 0) is 4.79 Å². The van der Waals surface area contributed by atoms with Crippen molar-refractivity contribution in [2.75, 3.05) is 0 Å². The van der Waals surface area contributed by atoms with E-state index in [9.17, 15) is 9.59 Å². The average molecular weight is 301 g/mol. The number of carbonyl (C=O) groups is 2. The molecule has 2 rings (SSSR count). The molecule has 0 aliphatic heterocycles. The Morgan fingerprint density at radius 3 is 2.24 bits per heavy atom. The topological polar surface area (TPSA) is 58.9 Å². The van der Waals surface area contributed by atoms with Gasteiger partial charge in [0, 0.05) is 5.56 Å². The van der Waals surface area contributed by atoms with Crippen molar-refractivity contribution in [3.63, 3.8) is 0 Å². The maximum Gasteiger partial charge on any atom is 0.196 e. The van der Waals surface area contributed by atoms with E-state index in [2.05, 4.69) is 10.2 Å². The Bertz CT molecular complexity index is 684. The monoisotopic (exact) mass is 300 g/mol. The molecule has 0 radical (unpaired) electrons. The Morgan fingerprint density at radius 2 is 1.62 bits per heavy atom. The third-order valence-corrected chi connectivity index (χ3v) is 3.14. The summed E-state index contributed by atoms with van der Waals surface area (Å²) in [6, 6.07) is 14.2. The Balaban J connectivity index is 2.27. The standard InChI is InChI=1S/C16H13ClN2O2/c1-11(20)15(16(21)12-7-3-2-4-8-12)19-18-14-10-6-5-9-13(14)17/h2-10,15H,1H3. The fraction of sp³-hybridized carbons (Fsp3) is 0.125. The third-order valence-electron chi connectivity index (χ3n) is 2.83. The van der Waals surface area contributed by atoms with Crippen LogP contribution in [-0.4, -0.2) is 17.6 Å². The predicted octanol–water partition coefficient (Wildman–Crippen LogP) is 4.26. The van der Waals surface area contributed by atoms with Crippen LogP contribution in [0.4, 0.5) is 5.69 Å². The molecule has 0 heterocycles. The Hall–Kier alpha value is -2.33. The largest absolute Gasteiger partial charge is 0.297 e. The van der Waals surface area contributed by atoms with Gasteiger partial charge >= 0.3 is 0 Å². The fourth-order valence-corrected chi connectivity index (χ4v) is 1.90. The molecule has 0 N–H and O–H groups in total. The van der Waals surface area contributed by atoms with Crippen molar-refractivity contribution in [2.24, 2.45) is 10.2 Å². The van der Waals surface area contributed by atoms with Crippen LogP contribution in [0.1, 0.15) is 17.3 Å². The number of halogens is 1. The van der Waals surface area contributed by atoms with Crippen LogP contribution in [0.3, 0.4) is 0 Å². The van der Waals surface area contributed by atoms with E-state index in [1.165, 1.54) is 6.92 Å². The number of azo groups is 1. The minimum atomic E-state index is -1.15. The van der Waals surface area contributed by atoms with Gasteiger partial charge in [-0.3, -0.25) is 9.59 Å². The van der Waals surface area contributed by atoms with Crippen molar-refractivity contribution in [1.82, 2.24) is 0 Å². The van der Waals surface area contributed by atoms with Gasteiger partial charge in [0.25, 0.3) is 0 Å². The summed E-state index contributed by atoms with van der Waals surface area (Å²) in [6.07, 6.45) is 0. The van der Waals surface area contributed by atoms with Crippen LogP contribution in [0, 0.1) is 0 Å². The minimum Gasteiger partial charge on any atom is -0.297 e. The average Bonchev–Trinajstić information content (AvgIpc) is 2.49. The molecule has 0 amide bonds. The van der Waals surface area contributed by atoms with Gasteiger partial charge in [-0.2, -0.15) is 10.2 Å². The van der Waals surface area contributed by atoms with Crippen LogP contribution in [0.25, 0.3) is 0 Å². The highest BCUT2D eigenvalue weighted by Crippen LogP contribution is 2.24. The van der Waals surface area contributed by atoms with Gasteiger partial charge in [-0.15, -0.1) is 0 Å². The second-order valence-electron chi connectivity index (χ2n) is 4.41. The highest BCUT2D eigenvalue weighted by molar-refractivity contribution is 6.32. The molecular weight excluding hydrogens is 288 g/mol. The quantitative estimate of drug-likeness (QED) is 0.470. The second kappa shape index (κ2) is 6.90. The summed E-state index contributed by atoms with van der Waals surface area (Å²) in [5.74, 6) is -0.737. The summed E-state index contributed by atoms with van der Waals surface area (Å²) in [5, 5.41) is 8.21. The molecule has 1 atom stereocenters. The molecule has 4 nitrogen and oxygen atoms in total. The summed E-state index contributed by atoms with van der Waals surface area (Å²) in [6.45, 7) is 1.32. The van der Waals surface area contributed by atoms with E-state index in [0.717, 1.165) is 0 Å². The minimum absolute atomic E-state index is 0.361. The molecule has 1 unspecified atom stereocenters. The Kier molecular flexibility index (Phi) is 4.95. The molecular formula is C16H13ClN2O2. The number of hydrogen-bond donors (Lipinski definition) is 0. The number of ketones is 2. The van der Waals surface area contributed by atoms with Gasteiger partial charge in [0.2, 0.25) is 0 Å². The lowest BCUT2D eigenvalue weighted by Gasteiger charge is -2.06. The van der Waals surface area contributed by atoms with Crippen molar-refractivity contribution < 1.29 is 9.59 Å². The molecule has 2 aromatic rings. The Labute approximate surface area is 127 Å². The molecule has 0 aliphatic carbocycles. The van der Waals surface area contributed by atoms with E-state index in [1.54, 1.807) is 54.6 Å². The van der Waals surface area contributed by atoms with Gasteiger partial charge in [0.1, 0.15) is 5.69 Å². The summed E-state index contributed by atoms with van der Waals surface area (Å²) in [4.78, 5) is 23.9. The SMILES string of the molecule is CC(=O)C(N=Nc1ccccc1Cl)C(=O)c1ccccc1. The van der Waals surface area contributed by atoms with Crippen molar-refractivity contribution in [3.05, 3.63) is 65.2 Å². The highest BCUT2D eigenvalue weighted by Gasteiger charge is 2.24. The van der Waals surface area contributed by atoms with Crippen LogP contribution >= 0.6 is 11.6 Å². The molecule has 106 valence electrons. The first-order valence-electron chi connectivity index (χ1n) is 6.34. The molecule has 5 heteroatoms. The number of hydrogen-bond acceptors (Lipinski definition) is 4. The summed E-state index contributed by atoms with van der Waals surface area (Å²) < 4.78 is 0. The summed E-state index contributed by atoms with van der Waals surface area (Å²) in [7, 11) is 0. The maximum atomic E-state index is 12.3. The lowest BCUT2D eigenvalue weighted by atomic mass is 10.0. The van der Waals surface area contributed by atoms with Gasteiger partial charge < -0.3 is 0 Å². The smallest absolute Gasteiger partial charge is 0.196 e. The molecule has 2 aromatic carbocycles. The second-order valence-corrected chi connectivity index (χ2v) is 4.82. The van der Waals surface area contributed by atoms with E-state index in [1.807, 2.05) is 0 Å². The van der Waals surface area contributed by atoms with Crippen molar-refractivity contribution in [1.29, 1.82) is 0 Å². The van der Waals surface area contributed by atoms with Crippen LogP contribution in [0.15, 0.2) is 64.8 Å². The van der Waals surface area contributed by atoms with Crippen LogP contribution < -0.4 is 0 Å². The Morgan fingerprint density at radius 1 is 1.00 bits per heavy atom. The van der Waals surface area contributed by atoms with Crippen LogP contribution in [0.5, 0.6) is 0 Å². The predicted molar refractivity (Wildman–Crippen MR) is 81.2 cm³/mol. The number of carbonyl (C=O) groups excluding carboxylic acids is 2. The van der Waals surface area contributed by atoms with Gasteiger partial charge in [-0.25, -0.2) is 0 Å². The zero-order valence-electron chi connectivity index (χ0n) is 11.4. The van der Waals surface area contributed by atoms with Crippen molar-refractivity contribution in [3.8, 4) is 0 Å². The first-order chi connectivity index (χ1) is 10.1. The molecule has 0 spiro atoms. The van der Waals surface area contributed by atoms with Crippen LogP contribution in [0.2, 0.25) is 5.02 Å². The first-order valence-corrected chi connectivity index (χ1v) is 6.72. The third kappa shape index (κ3) is 3.83. The molecule has 0 saturated heterocycles. The fourth-order valence-electron chi connectivity index (χ4n) is 1.73. The van der Waals surface area contributed by atoms with Gasteiger partial charge in [-0.1, -0.05) is 54.1 Å². The number of Topliss-reactive ketones (excluding diaryl/α,β-unsaturated/α-hetero) is 2. The lowest BCUT2D eigenvalue weighted by molar-refractivity contribution is -0.117. The molecule has 0 aromatic heterocycles. The van der Waals surface area contributed by atoms with Crippen molar-refractivity contribution in [2.45, 2.75) is 13.0 Å². The lowest BCUT2D eigenvalue weighted by Crippen LogP contribution is -2.26. The van der Waals surface area contributed by atoms with E-state index >= 15 is 0 Å².